The minimum atomic E-state index is -0.899. The number of anilines is 2. The van der Waals surface area contributed by atoms with Crippen molar-refractivity contribution >= 4 is 29.2 Å². The van der Waals surface area contributed by atoms with E-state index < -0.39 is 5.97 Å². The van der Waals surface area contributed by atoms with E-state index in [4.69, 9.17) is 5.11 Å². The maximum absolute atomic E-state index is 12.5. The molecule has 1 aliphatic carbocycles. The molecule has 28 heavy (non-hydrogen) atoms. The number of nitrogens with one attached hydrogen (secondary N) is 2. The SMILES string of the molecule is O=C(O)Cc1ccc(NC(=O)c2cccc(NC(=O)C3CCCCC3)c2)cc1. The zero-order chi connectivity index (χ0) is 19.9. The Morgan fingerprint density at radius 3 is 2.29 bits per heavy atom. The quantitative estimate of drug-likeness (QED) is 0.703. The van der Waals surface area contributed by atoms with Crippen molar-refractivity contribution in [2.75, 3.05) is 10.6 Å². The highest BCUT2D eigenvalue weighted by Crippen LogP contribution is 2.25. The number of rotatable bonds is 6. The normalized spacial score (nSPS) is 14.3. The first-order chi connectivity index (χ1) is 13.5. The predicted octanol–water partition coefficient (Wildman–Crippen LogP) is 4.08. The van der Waals surface area contributed by atoms with Crippen LogP contribution in [0.15, 0.2) is 48.5 Å². The number of hydrogen-bond acceptors (Lipinski definition) is 3. The summed E-state index contributed by atoms with van der Waals surface area (Å²) in [7, 11) is 0. The number of aliphatic carboxylic acids is 1. The first kappa shape index (κ1) is 19.6. The van der Waals surface area contributed by atoms with E-state index in [0.29, 0.717) is 22.5 Å². The number of carboxylic acid groups (broad SMARTS) is 1. The van der Waals surface area contributed by atoms with Gasteiger partial charge in [-0.25, -0.2) is 0 Å². The van der Waals surface area contributed by atoms with Crippen molar-refractivity contribution in [3.8, 4) is 0 Å². The van der Waals surface area contributed by atoms with Crippen LogP contribution in [0.5, 0.6) is 0 Å². The van der Waals surface area contributed by atoms with Crippen LogP contribution in [0.4, 0.5) is 11.4 Å². The minimum Gasteiger partial charge on any atom is -0.481 e. The molecule has 1 saturated carbocycles. The number of hydrogen-bond donors (Lipinski definition) is 3. The lowest BCUT2D eigenvalue weighted by molar-refractivity contribution is -0.136. The van der Waals surface area contributed by atoms with E-state index in [1.54, 1.807) is 48.5 Å². The molecule has 0 atom stereocenters. The van der Waals surface area contributed by atoms with Crippen LogP contribution in [0, 0.1) is 5.92 Å². The van der Waals surface area contributed by atoms with E-state index in [0.717, 1.165) is 25.7 Å². The molecular formula is C22H24N2O4. The summed E-state index contributed by atoms with van der Waals surface area (Å²) in [6.07, 6.45) is 5.15. The Labute approximate surface area is 164 Å². The van der Waals surface area contributed by atoms with Crippen LogP contribution in [0.1, 0.15) is 48.0 Å². The van der Waals surface area contributed by atoms with E-state index in [1.165, 1.54) is 6.42 Å². The molecule has 0 aliphatic heterocycles. The van der Waals surface area contributed by atoms with Gasteiger partial charge >= 0.3 is 5.97 Å². The summed E-state index contributed by atoms with van der Waals surface area (Å²) in [6.45, 7) is 0. The smallest absolute Gasteiger partial charge is 0.307 e. The molecular weight excluding hydrogens is 356 g/mol. The van der Waals surface area contributed by atoms with Crippen molar-refractivity contribution in [2.45, 2.75) is 38.5 Å². The molecule has 3 rings (SSSR count). The fourth-order valence-corrected chi connectivity index (χ4v) is 3.43. The molecule has 0 spiro atoms. The second kappa shape index (κ2) is 9.17. The van der Waals surface area contributed by atoms with E-state index >= 15 is 0 Å². The Bertz CT molecular complexity index is 855. The molecule has 0 unspecified atom stereocenters. The molecule has 2 aromatic rings. The molecule has 3 N–H and O–H groups in total. The lowest BCUT2D eigenvalue weighted by atomic mass is 9.88. The van der Waals surface area contributed by atoms with Gasteiger partial charge < -0.3 is 15.7 Å². The van der Waals surface area contributed by atoms with Gasteiger partial charge in [0.1, 0.15) is 0 Å². The molecule has 6 nitrogen and oxygen atoms in total. The molecule has 0 radical (unpaired) electrons. The summed E-state index contributed by atoms with van der Waals surface area (Å²) >= 11 is 0. The average molecular weight is 380 g/mol. The summed E-state index contributed by atoms with van der Waals surface area (Å²) in [5.41, 5.74) is 2.30. The standard InChI is InChI=1S/C22H24N2O4/c25-20(26)13-15-9-11-18(12-10-15)23-22(28)17-7-4-8-19(14-17)24-21(27)16-5-2-1-3-6-16/h4,7-12,14,16H,1-3,5-6,13H2,(H,23,28)(H,24,27)(H,25,26). The Hall–Kier alpha value is -3.15. The summed E-state index contributed by atoms with van der Waals surface area (Å²) in [4.78, 5) is 35.6. The summed E-state index contributed by atoms with van der Waals surface area (Å²) in [5, 5.41) is 14.5. The zero-order valence-electron chi connectivity index (χ0n) is 15.6. The topological polar surface area (TPSA) is 95.5 Å². The fourth-order valence-electron chi connectivity index (χ4n) is 3.43. The maximum Gasteiger partial charge on any atom is 0.307 e. The van der Waals surface area contributed by atoms with Crippen molar-refractivity contribution in [1.82, 2.24) is 0 Å². The Kier molecular flexibility index (Phi) is 6.42. The maximum atomic E-state index is 12.5. The van der Waals surface area contributed by atoms with Gasteiger partial charge in [0.05, 0.1) is 6.42 Å². The number of amides is 2. The molecule has 6 heteroatoms. The second-order valence-electron chi connectivity index (χ2n) is 7.13. The van der Waals surface area contributed by atoms with Crippen molar-refractivity contribution in [1.29, 1.82) is 0 Å². The zero-order valence-corrected chi connectivity index (χ0v) is 15.6. The van der Waals surface area contributed by atoms with E-state index in [1.807, 2.05) is 0 Å². The Balaban J connectivity index is 1.61. The van der Waals surface area contributed by atoms with Crippen LogP contribution in [-0.4, -0.2) is 22.9 Å². The van der Waals surface area contributed by atoms with Crippen LogP contribution in [-0.2, 0) is 16.0 Å². The lowest BCUT2D eigenvalue weighted by Gasteiger charge is -2.20. The van der Waals surface area contributed by atoms with Gasteiger partial charge in [-0.05, 0) is 48.7 Å². The summed E-state index contributed by atoms with van der Waals surface area (Å²) < 4.78 is 0. The van der Waals surface area contributed by atoms with Crippen molar-refractivity contribution in [3.05, 3.63) is 59.7 Å². The van der Waals surface area contributed by atoms with E-state index in [2.05, 4.69) is 10.6 Å². The monoisotopic (exact) mass is 380 g/mol. The highest BCUT2D eigenvalue weighted by molar-refractivity contribution is 6.05. The van der Waals surface area contributed by atoms with Gasteiger partial charge in [-0.2, -0.15) is 0 Å². The molecule has 1 fully saturated rings. The first-order valence-electron chi connectivity index (χ1n) is 9.54. The van der Waals surface area contributed by atoms with E-state index in [9.17, 15) is 14.4 Å². The molecule has 0 heterocycles. The second-order valence-corrected chi connectivity index (χ2v) is 7.13. The van der Waals surface area contributed by atoms with Crippen LogP contribution >= 0.6 is 0 Å². The number of carboxylic acids is 1. The van der Waals surface area contributed by atoms with Crippen LogP contribution < -0.4 is 10.6 Å². The van der Waals surface area contributed by atoms with Crippen molar-refractivity contribution < 1.29 is 19.5 Å². The van der Waals surface area contributed by atoms with Gasteiger partial charge in [0.25, 0.3) is 5.91 Å². The summed E-state index contributed by atoms with van der Waals surface area (Å²) in [5.74, 6) is -1.12. The summed E-state index contributed by atoms with van der Waals surface area (Å²) in [6, 6.07) is 13.5. The van der Waals surface area contributed by atoms with Gasteiger partial charge in [0.15, 0.2) is 0 Å². The lowest BCUT2D eigenvalue weighted by Crippen LogP contribution is -2.24. The minimum absolute atomic E-state index is 0.0197. The number of carbonyl (C=O) groups is 3. The first-order valence-corrected chi connectivity index (χ1v) is 9.54. The largest absolute Gasteiger partial charge is 0.481 e. The molecule has 146 valence electrons. The highest BCUT2D eigenvalue weighted by atomic mass is 16.4. The van der Waals surface area contributed by atoms with Gasteiger partial charge in [-0.15, -0.1) is 0 Å². The molecule has 2 aromatic carbocycles. The third-order valence-electron chi connectivity index (χ3n) is 4.94. The van der Waals surface area contributed by atoms with Crippen LogP contribution in [0.3, 0.4) is 0 Å². The van der Waals surface area contributed by atoms with Crippen LogP contribution in [0.25, 0.3) is 0 Å². The molecule has 0 saturated heterocycles. The van der Waals surface area contributed by atoms with Gasteiger partial charge in [0.2, 0.25) is 5.91 Å². The molecule has 0 aromatic heterocycles. The Morgan fingerprint density at radius 2 is 1.61 bits per heavy atom. The highest BCUT2D eigenvalue weighted by Gasteiger charge is 2.21. The third-order valence-corrected chi connectivity index (χ3v) is 4.94. The molecule has 2 amide bonds. The van der Waals surface area contributed by atoms with Gasteiger partial charge in [0, 0.05) is 22.9 Å². The average Bonchev–Trinajstić information content (AvgIpc) is 2.70. The van der Waals surface area contributed by atoms with Gasteiger partial charge in [-0.1, -0.05) is 37.5 Å². The molecule has 0 bridgehead atoms. The van der Waals surface area contributed by atoms with E-state index in [-0.39, 0.29) is 24.2 Å². The third kappa shape index (κ3) is 5.42. The predicted molar refractivity (Wildman–Crippen MR) is 107 cm³/mol. The Morgan fingerprint density at radius 1 is 0.893 bits per heavy atom. The number of carbonyl (C=O) groups excluding carboxylic acids is 2. The van der Waals surface area contributed by atoms with Crippen molar-refractivity contribution in [2.24, 2.45) is 5.92 Å². The molecule has 1 aliphatic rings. The fraction of sp³-hybridized carbons (Fsp3) is 0.318. The van der Waals surface area contributed by atoms with Crippen molar-refractivity contribution in [3.63, 3.8) is 0 Å². The van der Waals surface area contributed by atoms with Crippen LogP contribution in [0.2, 0.25) is 0 Å². The number of benzene rings is 2. The van der Waals surface area contributed by atoms with Gasteiger partial charge in [-0.3, -0.25) is 14.4 Å².